The van der Waals surface area contributed by atoms with E-state index in [0.29, 0.717) is 5.41 Å². The topological polar surface area (TPSA) is 0 Å². The van der Waals surface area contributed by atoms with E-state index in [1.807, 2.05) is 0 Å². The molecule has 0 aliphatic heterocycles. The van der Waals surface area contributed by atoms with Gasteiger partial charge in [-0.2, -0.15) is 0 Å². The summed E-state index contributed by atoms with van der Waals surface area (Å²) in [5.41, 5.74) is 0.491. The third kappa shape index (κ3) is 6.45. The predicted molar refractivity (Wildman–Crippen MR) is 66.5 cm³/mol. The van der Waals surface area contributed by atoms with Crippen molar-refractivity contribution in [1.29, 1.82) is 0 Å². The molecule has 0 aromatic rings. The third-order valence-electron chi connectivity index (χ3n) is 3.62. The molecule has 0 spiro atoms. The number of rotatable bonds is 6. The highest BCUT2D eigenvalue weighted by atomic mass is 14.3. The molecule has 2 unspecified atom stereocenters. The van der Waals surface area contributed by atoms with Gasteiger partial charge in [0.05, 0.1) is 0 Å². The van der Waals surface area contributed by atoms with Crippen LogP contribution in [-0.4, -0.2) is 0 Å². The first-order chi connectivity index (χ1) is 6.38. The van der Waals surface area contributed by atoms with Gasteiger partial charge in [0.2, 0.25) is 0 Å². The van der Waals surface area contributed by atoms with Gasteiger partial charge in [-0.15, -0.1) is 0 Å². The molecule has 0 saturated carbocycles. The van der Waals surface area contributed by atoms with Crippen LogP contribution in [0.25, 0.3) is 0 Å². The Kier molecular flexibility index (Phi) is 6.48. The molecule has 0 aromatic heterocycles. The van der Waals surface area contributed by atoms with E-state index in [2.05, 4.69) is 41.5 Å². The highest BCUT2D eigenvalue weighted by Gasteiger charge is 2.19. The van der Waals surface area contributed by atoms with Crippen LogP contribution >= 0.6 is 0 Å². The molecular formula is C14H30. The molecule has 0 heterocycles. The molecule has 0 aliphatic rings. The maximum absolute atomic E-state index is 2.41. The molecule has 2 atom stereocenters. The van der Waals surface area contributed by atoms with Crippen LogP contribution in [0, 0.1) is 17.3 Å². The van der Waals surface area contributed by atoms with Crippen LogP contribution in [-0.2, 0) is 0 Å². The fourth-order valence-corrected chi connectivity index (χ4v) is 1.66. The Balaban J connectivity index is 3.61. The lowest BCUT2D eigenvalue weighted by molar-refractivity contribution is 0.230. The third-order valence-corrected chi connectivity index (χ3v) is 3.62. The average Bonchev–Trinajstić information content (AvgIpc) is 2.09. The van der Waals surface area contributed by atoms with Gasteiger partial charge in [-0.25, -0.2) is 0 Å². The van der Waals surface area contributed by atoms with E-state index in [0.717, 1.165) is 11.8 Å². The number of hydrogen-bond donors (Lipinski definition) is 0. The van der Waals surface area contributed by atoms with Crippen LogP contribution in [0.3, 0.4) is 0 Å². The molecule has 0 saturated heterocycles. The number of unbranched alkanes of at least 4 members (excludes halogenated alkanes) is 1. The van der Waals surface area contributed by atoms with Crippen molar-refractivity contribution in [2.45, 2.75) is 73.6 Å². The fourth-order valence-electron chi connectivity index (χ4n) is 1.66. The summed E-state index contributed by atoms with van der Waals surface area (Å²) in [6.07, 6.45) is 6.99. The standard InChI is InChI=1S/C14H30/c1-7-8-9-12(2)10-11-13(3)14(4,5)6/h12-13H,7-11H2,1-6H3. The minimum Gasteiger partial charge on any atom is -0.0654 e. The minimum absolute atomic E-state index is 0.491. The second kappa shape index (κ2) is 6.48. The largest absolute Gasteiger partial charge is 0.0654 e. The molecule has 0 fully saturated rings. The van der Waals surface area contributed by atoms with Crippen molar-refractivity contribution in [3.8, 4) is 0 Å². The molecule has 0 bridgehead atoms. The molecule has 0 amide bonds. The molecule has 86 valence electrons. The van der Waals surface area contributed by atoms with Crippen molar-refractivity contribution < 1.29 is 0 Å². The Morgan fingerprint density at radius 1 is 0.929 bits per heavy atom. The lowest BCUT2D eigenvalue weighted by Crippen LogP contribution is -2.17. The lowest BCUT2D eigenvalue weighted by Gasteiger charge is -2.28. The second-order valence-electron chi connectivity index (χ2n) is 6.09. The van der Waals surface area contributed by atoms with Crippen LogP contribution in [0.2, 0.25) is 0 Å². The van der Waals surface area contributed by atoms with Crippen LogP contribution in [0.1, 0.15) is 73.6 Å². The fraction of sp³-hybridized carbons (Fsp3) is 1.00. The molecule has 0 aromatic carbocycles. The summed E-state index contributed by atoms with van der Waals surface area (Å²) >= 11 is 0. The van der Waals surface area contributed by atoms with E-state index in [1.165, 1.54) is 32.1 Å². The SMILES string of the molecule is CCCCC(C)CCC(C)C(C)(C)C. The summed E-state index contributed by atoms with van der Waals surface area (Å²) in [5.74, 6) is 1.78. The van der Waals surface area contributed by atoms with Crippen molar-refractivity contribution >= 4 is 0 Å². The average molecular weight is 198 g/mol. The molecule has 14 heavy (non-hydrogen) atoms. The highest BCUT2D eigenvalue weighted by molar-refractivity contribution is 4.70. The minimum atomic E-state index is 0.491. The quantitative estimate of drug-likeness (QED) is 0.545. The molecule has 0 N–H and O–H groups in total. The first-order valence-corrected chi connectivity index (χ1v) is 6.38. The van der Waals surface area contributed by atoms with Gasteiger partial charge in [0, 0.05) is 0 Å². The Morgan fingerprint density at radius 2 is 1.50 bits per heavy atom. The van der Waals surface area contributed by atoms with Gasteiger partial charge in [-0.1, -0.05) is 67.2 Å². The molecule has 0 radical (unpaired) electrons. The first kappa shape index (κ1) is 14.0. The van der Waals surface area contributed by atoms with Gasteiger partial charge >= 0.3 is 0 Å². The normalized spacial score (nSPS) is 16.7. The molecule has 0 rings (SSSR count). The summed E-state index contributed by atoms with van der Waals surface area (Å²) in [6, 6.07) is 0. The summed E-state index contributed by atoms with van der Waals surface area (Å²) in [4.78, 5) is 0. The van der Waals surface area contributed by atoms with Gasteiger partial charge in [0.25, 0.3) is 0 Å². The van der Waals surface area contributed by atoms with E-state index in [1.54, 1.807) is 0 Å². The smallest absolute Gasteiger partial charge is 0.0357 e. The van der Waals surface area contributed by atoms with Gasteiger partial charge in [-0.05, 0) is 23.7 Å². The lowest BCUT2D eigenvalue weighted by atomic mass is 9.78. The van der Waals surface area contributed by atoms with E-state index >= 15 is 0 Å². The van der Waals surface area contributed by atoms with E-state index in [4.69, 9.17) is 0 Å². The summed E-state index contributed by atoms with van der Waals surface area (Å²) in [5, 5.41) is 0. The van der Waals surface area contributed by atoms with Crippen molar-refractivity contribution in [1.82, 2.24) is 0 Å². The zero-order chi connectivity index (χ0) is 11.2. The Hall–Kier alpha value is 0. The Labute approximate surface area is 91.5 Å². The highest BCUT2D eigenvalue weighted by Crippen LogP contribution is 2.30. The molecule has 0 heteroatoms. The van der Waals surface area contributed by atoms with Crippen LogP contribution < -0.4 is 0 Å². The van der Waals surface area contributed by atoms with Crippen molar-refractivity contribution in [3.63, 3.8) is 0 Å². The first-order valence-electron chi connectivity index (χ1n) is 6.38. The van der Waals surface area contributed by atoms with Gasteiger partial charge in [-0.3, -0.25) is 0 Å². The Morgan fingerprint density at radius 3 is 1.93 bits per heavy atom. The zero-order valence-corrected chi connectivity index (χ0v) is 11.2. The van der Waals surface area contributed by atoms with Crippen molar-refractivity contribution in [2.75, 3.05) is 0 Å². The van der Waals surface area contributed by atoms with Gasteiger partial charge in [0.1, 0.15) is 0 Å². The summed E-state index contributed by atoms with van der Waals surface area (Å²) < 4.78 is 0. The van der Waals surface area contributed by atoms with Gasteiger partial charge < -0.3 is 0 Å². The molecular weight excluding hydrogens is 168 g/mol. The van der Waals surface area contributed by atoms with Gasteiger partial charge in [0.15, 0.2) is 0 Å². The second-order valence-corrected chi connectivity index (χ2v) is 6.09. The molecule has 0 nitrogen and oxygen atoms in total. The van der Waals surface area contributed by atoms with E-state index < -0.39 is 0 Å². The maximum Gasteiger partial charge on any atom is -0.0357 e. The van der Waals surface area contributed by atoms with E-state index in [9.17, 15) is 0 Å². The predicted octanol–water partition coefficient (Wildman–Crippen LogP) is 5.28. The van der Waals surface area contributed by atoms with Crippen LogP contribution in [0.5, 0.6) is 0 Å². The molecule has 0 aliphatic carbocycles. The van der Waals surface area contributed by atoms with Crippen LogP contribution in [0.15, 0.2) is 0 Å². The monoisotopic (exact) mass is 198 g/mol. The Bertz CT molecular complexity index is 129. The number of hydrogen-bond acceptors (Lipinski definition) is 0. The van der Waals surface area contributed by atoms with E-state index in [-0.39, 0.29) is 0 Å². The van der Waals surface area contributed by atoms with Crippen LogP contribution in [0.4, 0.5) is 0 Å². The summed E-state index contributed by atoms with van der Waals surface area (Å²) in [6.45, 7) is 14.2. The maximum atomic E-state index is 2.41. The van der Waals surface area contributed by atoms with Crippen molar-refractivity contribution in [3.05, 3.63) is 0 Å². The summed E-state index contributed by atoms with van der Waals surface area (Å²) in [7, 11) is 0. The zero-order valence-electron chi connectivity index (χ0n) is 11.2. The van der Waals surface area contributed by atoms with Crippen molar-refractivity contribution in [2.24, 2.45) is 17.3 Å².